The first kappa shape index (κ1) is 28.0. The quantitative estimate of drug-likeness (QED) is 0.659. The van der Waals surface area contributed by atoms with Crippen LogP contribution in [0.5, 0.6) is 17.2 Å². The maximum Gasteiger partial charge on any atom is 0.205 e. The summed E-state index contributed by atoms with van der Waals surface area (Å²) in [5, 5.41) is 1.10. The Morgan fingerprint density at radius 1 is 1.00 bits per heavy atom. The summed E-state index contributed by atoms with van der Waals surface area (Å²) < 4.78 is 17.2. The molecule has 3 radical (unpaired) electrons. The molecule has 2 rings (SSSR count). The smallest absolute Gasteiger partial charge is 0.205 e. The molecule has 1 aromatic heterocycles. The molecule has 133 valence electrons. The standard InChI is InChI=1S/C13H16NO3SSi.4H2S/c1-15-8-7-9-11(13(17-3)12(8)16-2)14-10(18-9)5-4-6-19;;;;/h7H,4-6H2,1-3H3;4*1H2. The van der Waals surface area contributed by atoms with Crippen LogP contribution in [0, 0.1) is 0 Å². The molecule has 0 N–H and O–H groups in total. The van der Waals surface area contributed by atoms with E-state index in [1.54, 1.807) is 32.7 Å². The van der Waals surface area contributed by atoms with E-state index in [-0.39, 0.29) is 54.0 Å². The van der Waals surface area contributed by atoms with Crippen LogP contribution in [0.1, 0.15) is 11.4 Å². The zero-order chi connectivity index (χ0) is 13.8. The SMILES string of the molecule is COc1cc2sc(CCC[Si])nc2c(OC)c1OC.S.S.S.S. The van der Waals surface area contributed by atoms with Crippen LogP contribution in [0.4, 0.5) is 0 Å². The number of fused-ring (bicyclic) bond motifs is 1. The van der Waals surface area contributed by atoms with E-state index in [1.807, 2.05) is 6.07 Å². The molecule has 0 unspecified atom stereocenters. The molecule has 0 spiro atoms. The maximum absolute atomic E-state index is 5.44. The first-order valence-electron chi connectivity index (χ1n) is 5.98. The van der Waals surface area contributed by atoms with E-state index in [9.17, 15) is 0 Å². The minimum atomic E-state index is 0. The van der Waals surface area contributed by atoms with Gasteiger partial charge in [0.15, 0.2) is 11.5 Å². The van der Waals surface area contributed by atoms with Crippen molar-refractivity contribution in [2.45, 2.75) is 18.9 Å². The molecular formula is C13H24NO3S5Si. The fourth-order valence-corrected chi connectivity index (χ4v) is 3.14. The lowest BCUT2D eigenvalue weighted by Gasteiger charge is -2.11. The minimum absolute atomic E-state index is 0. The lowest BCUT2D eigenvalue weighted by atomic mass is 10.2. The summed E-state index contributed by atoms with van der Waals surface area (Å²) >= 11 is 1.67. The van der Waals surface area contributed by atoms with Gasteiger partial charge in [-0.1, -0.05) is 6.04 Å². The normalized spacial score (nSPS) is 8.87. The van der Waals surface area contributed by atoms with Crippen LogP contribution in [0.2, 0.25) is 6.04 Å². The highest BCUT2D eigenvalue weighted by molar-refractivity contribution is 7.59. The second-order valence-corrected chi connectivity index (χ2v) is 5.57. The van der Waals surface area contributed by atoms with Gasteiger partial charge in [-0.25, -0.2) is 4.98 Å². The third kappa shape index (κ3) is 6.17. The number of aryl methyl sites for hydroxylation is 1. The molecule has 0 aliphatic carbocycles. The molecule has 4 nitrogen and oxygen atoms in total. The zero-order valence-electron chi connectivity index (χ0n) is 13.3. The van der Waals surface area contributed by atoms with Crippen LogP contribution in [0.25, 0.3) is 10.2 Å². The molecule has 0 saturated carbocycles. The van der Waals surface area contributed by atoms with Gasteiger partial charge < -0.3 is 14.2 Å². The summed E-state index contributed by atoms with van der Waals surface area (Å²) in [4.78, 5) is 4.64. The lowest BCUT2D eigenvalue weighted by molar-refractivity contribution is 0.327. The van der Waals surface area contributed by atoms with Gasteiger partial charge >= 0.3 is 0 Å². The number of rotatable bonds is 6. The monoisotopic (exact) mass is 430 g/mol. The van der Waals surface area contributed by atoms with Crippen molar-refractivity contribution >= 4 is 85.8 Å². The predicted molar refractivity (Wildman–Crippen MR) is 120 cm³/mol. The number of nitrogens with zero attached hydrogens (tertiary/aromatic N) is 1. The molecule has 2 aromatic rings. The summed E-state index contributed by atoms with van der Waals surface area (Å²) in [5.41, 5.74) is 0.842. The van der Waals surface area contributed by atoms with E-state index in [1.165, 1.54) is 0 Å². The molecular weight excluding hydrogens is 407 g/mol. The van der Waals surface area contributed by atoms with E-state index in [0.717, 1.165) is 34.1 Å². The average Bonchev–Trinajstić information content (AvgIpc) is 2.85. The van der Waals surface area contributed by atoms with E-state index in [2.05, 4.69) is 15.2 Å². The van der Waals surface area contributed by atoms with Gasteiger partial charge in [-0.15, -0.1) is 11.3 Å². The van der Waals surface area contributed by atoms with Gasteiger partial charge in [0.25, 0.3) is 0 Å². The highest BCUT2D eigenvalue weighted by Crippen LogP contribution is 2.44. The third-order valence-electron chi connectivity index (χ3n) is 2.80. The van der Waals surface area contributed by atoms with Gasteiger partial charge in [0.1, 0.15) is 5.52 Å². The van der Waals surface area contributed by atoms with Crippen molar-refractivity contribution in [1.82, 2.24) is 4.98 Å². The van der Waals surface area contributed by atoms with Crippen LogP contribution in [-0.4, -0.2) is 36.6 Å². The van der Waals surface area contributed by atoms with Crippen LogP contribution < -0.4 is 14.2 Å². The highest BCUT2D eigenvalue weighted by atomic mass is 32.1. The molecule has 0 amide bonds. The van der Waals surface area contributed by atoms with Crippen molar-refractivity contribution in [1.29, 1.82) is 0 Å². The van der Waals surface area contributed by atoms with Crippen molar-refractivity contribution in [2.24, 2.45) is 0 Å². The maximum atomic E-state index is 5.44. The molecule has 23 heavy (non-hydrogen) atoms. The van der Waals surface area contributed by atoms with Crippen molar-refractivity contribution in [3.05, 3.63) is 11.1 Å². The Morgan fingerprint density at radius 2 is 1.61 bits per heavy atom. The summed E-state index contributed by atoms with van der Waals surface area (Å²) in [6, 6.07) is 2.92. The van der Waals surface area contributed by atoms with Gasteiger partial charge in [-0.3, -0.25) is 0 Å². The Morgan fingerprint density at radius 3 is 2.09 bits per heavy atom. The number of methoxy groups -OCH3 is 3. The van der Waals surface area contributed by atoms with Gasteiger partial charge in [0, 0.05) is 16.3 Å². The van der Waals surface area contributed by atoms with Crippen LogP contribution in [0.3, 0.4) is 0 Å². The fraction of sp³-hybridized carbons (Fsp3) is 0.462. The van der Waals surface area contributed by atoms with Gasteiger partial charge in [0.05, 0.1) is 31.0 Å². The number of hydrogen-bond acceptors (Lipinski definition) is 5. The second-order valence-electron chi connectivity index (χ2n) is 3.95. The summed E-state index contributed by atoms with van der Waals surface area (Å²) in [6.45, 7) is 0. The summed E-state index contributed by atoms with van der Waals surface area (Å²) in [7, 11) is 8.32. The summed E-state index contributed by atoms with van der Waals surface area (Å²) in [6.07, 6.45) is 2.02. The van der Waals surface area contributed by atoms with Gasteiger partial charge in [-0.05, 0) is 12.8 Å². The number of benzene rings is 1. The van der Waals surface area contributed by atoms with Crippen molar-refractivity contribution in [3.8, 4) is 17.2 Å². The number of thiazole rings is 1. The number of aromatic nitrogens is 1. The molecule has 0 atom stereocenters. The van der Waals surface area contributed by atoms with Crippen molar-refractivity contribution in [2.75, 3.05) is 21.3 Å². The Kier molecular flexibility index (Phi) is 16.3. The predicted octanol–water partition coefficient (Wildman–Crippen LogP) is 3.29. The first-order valence-corrected chi connectivity index (χ1v) is 7.50. The molecule has 0 bridgehead atoms. The number of ether oxygens (including phenoxy) is 3. The second kappa shape index (κ2) is 13.4. The Labute approximate surface area is 172 Å². The topological polar surface area (TPSA) is 40.6 Å². The van der Waals surface area contributed by atoms with Crippen molar-refractivity contribution < 1.29 is 14.2 Å². The molecule has 10 heteroatoms. The van der Waals surface area contributed by atoms with Gasteiger partial charge in [-0.2, -0.15) is 54.0 Å². The zero-order valence-corrected chi connectivity index (χ0v) is 19.1. The van der Waals surface area contributed by atoms with E-state index in [0.29, 0.717) is 17.2 Å². The van der Waals surface area contributed by atoms with Crippen LogP contribution >= 0.6 is 65.3 Å². The van der Waals surface area contributed by atoms with Crippen molar-refractivity contribution in [3.63, 3.8) is 0 Å². The van der Waals surface area contributed by atoms with Crippen LogP contribution in [-0.2, 0) is 6.42 Å². The minimum Gasteiger partial charge on any atom is -0.493 e. The average molecular weight is 431 g/mol. The third-order valence-corrected chi connectivity index (χ3v) is 4.22. The van der Waals surface area contributed by atoms with Crippen LogP contribution in [0.15, 0.2) is 6.07 Å². The van der Waals surface area contributed by atoms with E-state index in [4.69, 9.17) is 14.2 Å². The highest BCUT2D eigenvalue weighted by Gasteiger charge is 2.19. The molecule has 0 aliphatic heterocycles. The Hall–Kier alpha value is 0.127. The fourth-order valence-electron chi connectivity index (χ4n) is 1.92. The first-order chi connectivity index (χ1) is 9.24. The molecule has 1 heterocycles. The Balaban J connectivity index is -0.000001000. The Bertz CT molecular complexity index is 582. The van der Waals surface area contributed by atoms with E-state index < -0.39 is 0 Å². The number of hydrogen-bond donors (Lipinski definition) is 0. The van der Waals surface area contributed by atoms with E-state index >= 15 is 0 Å². The molecule has 1 aromatic carbocycles. The largest absolute Gasteiger partial charge is 0.493 e. The molecule has 0 fully saturated rings. The summed E-state index contributed by atoms with van der Waals surface area (Å²) in [5.74, 6) is 1.90. The van der Waals surface area contributed by atoms with Gasteiger partial charge in [0.2, 0.25) is 5.75 Å². The molecule has 0 saturated heterocycles. The lowest BCUT2D eigenvalue weighted by Crippen LogP contribution is -1.95. The molecule has 0 aliphatic rings.